The van der Waals surface area contributed by atoms with Gasteiger partial charge in [-0.2, -0.15) is 18.3 Å². The third kappa shape index (κ3) is 4.41. The van der Waals surface area contributed by atoms with Crippen molar-refractivity contribution < 1.29 is 27.9 Å². The zero-order valence-electron chi connectivity index (χ0n) is 14.4. The first kappa shape index (κ1) is 19.5. The van der Waals surface area contributed by atoms with Crippen molar-refractivity contribution in [1.29, 1.82) is 0 Å². The van der Waals surface area contributed by atoms with Gasteiger partial charge in [0, 0.05) is 5.69 Å². The van der Waals surface area contributed by atoms with Crippen LogP contribution in [0.15, 0.2) is 30.5 Å². The Morgan fingerprint density at radius 1 is 1.23 bits per heavy atom. The van der Waals surface area contributed by atoms with Crippen LogP contribution in [-0.2, 0) is 22.9 Å². The lowest BCUT2D eigenvalue weighted by Gasteiger charge is -2.23. The summed E-state index contributed by atoms with van der Waals surface area (Å²) in [4.78, 5) is 23.1. The van der Waals surface area contributed by atoms with Crippen LogP contribution in [0.2, 0.25) is 0 Å². The van der Waals surface area contributed by atoms with Crippen molar-refractivity contribution in [3.8, 4) is 0 Å². The van der Waals surface area contributed by atoms with E-state index in [0.29, 0.717) is 5.56 Å². The Labute approximate surface area is 147 Å². The second kappa shape index (κ2) is 6.81. The van der Waals surface area contributed by atoms with Gasteiger partial charge in [0.2, 0.25) is 0 Å². The highest BCUT2D eigenvalue weighted by molar-refractivity contribution is 6.05. The van der Waals surface area contributed by atoms with Crippen LogP contribution < -0.4 is 5.32 Å². The van der Waals surface area contributed by atoms with Gasteiger partial charge in [0.15, 0.2) is 5.69 Å². The molecule has 1 amide bonds. The van der Waals surface area contributed by atoms with Crippen LogP contribution in [0.5, 0.6) is 0 Å². The summed E-state index contributed by atoms with van der Waals surface area (Å²) >= 11 is 0. The molecule has 2 rings (SSSR count). The summed E-state index contributed by atoms with van der Waals surface area (Å²) in [6.07, 6.45) is -4.15. The number of carbonyl (C=O) groups is 2. The number of carbonyl (C=O) groups excluding carboxylic acids is 1. The van der Waals surface area contributed by atoms with Gasteiger partial charge in [-0.25, -0.2) is 0 Å². The summed E-state index contributed by atoms with van der Waals surface area (Å²) in [7, 11) is 0. The molecule has 0 aliphatic carbocycles. The van der Waals surface area contributed by atoms with Gasteiger partial charge in [-0.15, -0.1) is 0 Å². The number of nitrogens with zero attached hydrogens (tertiary/aromatic N) is 2. The summed E-state index contributed by atoms with van der Waals surface area (Å²) in [5, 5.41) is 14.9. The number of benzene rings is 1. The van der Waals surface area contributed by atoms with Gasteiger partial charge >= 0.3 is 12.1 Å². The maximum Gasteiger partial charge on any atom is 0.433 e. The molecule has 140 valence electrons. The molecular formula is C17H18F3N3O3. The van der Waals surface area contributed by atoms with Crippen molar-refractivity contribution in [2.75, 3.05) is 5.32 Å². The third-order valence-corrected chi connectivity index (χ3v) is 3.46. The zero-order chi connectivity index (χ0) is 19.7. The number of halogens is 3. The predicted octanol–water partition coefficient (Wildman–Crippen LogP) is 3.54. The molecule has 0 fully saturated rings. The van der Waals surface area contributed by atoms with Gasteiger partial charge in [0.1, 0.15) is 0 Å². The van der Waals surface area contributed by atoms with Gasteiger partial charge in [0.25, 0.3) is 5.91 Å². The zero-order valence-corrected chi connectivity index (χ0v) is 14.4. The molecule has 0 radical (unpaired) electrons. The lowest BCUT2D eigenvalue weighted by atomic mass is 10.1. The molecule has 0 atom stereocenters. The molecule has 2 N–H and O–H groups in total. The molecule has 1 aromatic carbocycles. The summed E-state index contributed by atoms with van der Waals surface area (Å²) in [5.74, 6) is -2.03. The molecule has 26 heavy (non-hydrogen) atoms. The van der Waals surface area contributed by atoms with Crippen LogP contribution in [-0.4, -0.2) is 26.8 Å². The standard InChI is InChI=1S/C17H18F3N3O3/c1-16(2,3)23-14(17(18,19)20)12(9-21-23)15(26)22-11-6-4-5-10(7-11)8-13(24)25/h4-7,9H,8H2,1-3H3,(H,22,26)(H,24,25). The fourth-order valence-electron chi connectivity index (χ4n) is 2.43. The molecule has 1 heterocycles. The number of aromatic nitrogens is 2. The number of hydrogen-bond donors (Lipinski definition) is 2. The fraction of sp³-hybridized carbons (Fsp3) is 0.353. The lowest BCUT2D eigenvalue weighted by Crippen LogP contribution is -2.30. The highest BCUT2D eigenvalue weighted by atomic mass is 19.4. The number of carboxylic acids is 1. The van der Waals surface area contributed by atoms with E-state index in [4.69, 9.17) is 5.11 Å². The average Bonchev–Trinajstić information content (AvgIpc) is 2.92. The Morgan fingerprint density at radius 3 is 2.42 bits per heavy atom. The van der Waals surface area contributed by atoms with Crippen molar-refractivity contribution in [3.05, 3.63) is 47.3 Å². The molecular weight excluding hydrogens is 351 g/mol. The van der Waals surface area contributed by atoms with Crippen LogP contribution in [0.25, 0.3) is 0 Å². The van der Waals surface area contributed by atoms with Crippen molar-refractivity contribution in [3.63, 3.8) is 0 Å². The van der Waals surface area contributed by atoms with Crippen molar-refractivity contribution in [2.24, 2.45) is 0 Å². The molecule has 0 aliphatic heterocycles. The number of nitrogens with one attached hydrogen (secondary N) is 1. The van der Waals surface area contributed by atoms with E-state index in [1.54, 1.807) is 26.8 Å². The number of carboxylic acid groups (broad SMARTS) is 1. The largest absolute Gasteiger partial charge is 0.481 e. The van der Waals surface area contributed by atoms with E-state index in [0.717, 1.165) is 10.9 Å². The minimum absolute atomic E-state index is 0.199. The lowest BCUT2D eigenvalue weighted by molar-refractivity contribution is -0.146. The quantitative estimate of drug-likeness (QED) is 0.863. The highest BCUT2D eigenvalue weighted by Crippen LogP contribution is 2.35. The van der Waals surface area contributed by atoms with Crippen LogP contribution in [0, 0.1) is 0 Å². The van der Waals surface area contributed by atoms with Crippen molar-refractivity contribution >= 4 is 17.6 Å². The maximum absolute atomic E-state index is 13.5. The van der Waals surface area contributed by atoms with E-state index in [1.807, 2.05) is 0 Å². The molecule has 9 heteroatoms. The van der Waals surface area contributed by atoms with E-state index >= 15 is 0 Å². The smallest absolute Gasteiger partial charge is 0.433 e. The van der Waals surface area contributed by atoms with Crippen LogP contribution >= 0.6 is 0 Å². The maximum atomic E-state index is 13.5. The second-order valence-electron chi connectivity index (χ2n) is 6.71. The fourth-order valence-corrected chi connectivity index (χ4v) is 2.43. The molecule has 0 unspecified atom stereocenters. The molecule has 6 nitrogen and oxygen atoms in total. The predicted molar refractivity (Wildman–Crippen MR) is 88.0 cm³/mol. The first-order chi connectivity index (χ1) is 11.9. The first-order valence-electron chi connectivity index (χ1n) is 7.67. The van der Waals surface area contributed by atoms with Gasteiger partial charge < -0.3 is 10.4 Å². The molecule has 0 spiro atoms. The number of hydrogen-bond acceptors (Lipinski definition) is 3. The Kier molecular flexibility index (Phi) is 5.11. The minimum Gasteiger partial charge on any atom is -0.481 e. The molecule has 0 bridgehead atoms. The Morgan fingerprint density at radius 2 is 1.88 bits per heavy atom. The Balaban J connectivity index is 2.36. The normalized spacial score (nSPS) is 12.1. The van der Waals surface area contributed by atoms with E-state index in [-0.39, 0.29) is 12.1 Å². The Bertz CT molecular complexity index is 836. The van der Waals surface area contributed by atoms with E-state index in [9.17, 15) is 22.8 Å². The number of rotatable bonds is 4. The summed E-state index contributed by atoms with van der Waals surface area (Å²) < 4.78 is 41.2. The molecule has 0 saturated carbocycles. The van der Waals surface area contributed by atoms with Gasteiger partial charge in [0.05, 0.1) is 23.7 Å². The first-order valence-corrected chi connectivity index (χ1v) is 7.67. The molecule has 1 aromatic heterocycles. The van der Waals surface area contributed by atoms with E-state index < -0.39 is 34.8 Å². The van der Waals surface area contributed by atoms with Gasteiger partial charge in [-0.05, 0) is 38.5 Å². The topological polar surface area (TPSA) is 84.2 Å². The summed E-state index contributed by atoms with van der Waals surface area (Å²) in [5.41, 5.74) is -2.09. The monoisotopic (exact) mass is 369 g/mol. The van der Waals surface area contributed by atoms with E-state index in [2.05, 4.69) is 10.4 Å². The van der Waals surface area contributed by atoms with Gasteiger partial charge in [-0.3, -0.25) is 14.3 Å². The third-order valence-electron chi connectivity index (χ3n) is 3.46. The van der Waals surface area contributed by atoms with Gasteiger partial charge in [-0.1, -0.05) is 12.1 Å². The molecule has 2 aromatic rings. The molecule has 0 saturated heterocycles. The van der Waals surface area contributed by atoms with Crippen LogP contribution in [0.1, 0.15) is 42.4 Å². The van der Waals surface area contributed by atoms with Crippen LogP contribution in [0.4, 0.5) is 18.9 Å². The van der Waals surface area contributed by atoms with Crippen molar-refractivity contribution in [2.45, 2.75) is 38.9 Å². The highest BCUT2D eigenvalue weighted by Gasteiger charge is 2.42. The molecule has 0 aliphatic rings. The SMILES string of the molecule is CC(C)(C)n1ncc(C(=O)Nc2cccc(CC(=O)O)c2)c1C(F)(F)F. The number of alkyl halides is 3. The minimum atomic E-state index is -4.76. The average molecular weight is 369 g/mol. The second-order valence-corrected chi connectivity index (χ2v) is 6.71. The van der Waals surface area contributed by atoms with Crippen molar-refractivity contribution in [1.82, 2.24) is 9.78 Å². The Hall–Kier alpha value is -2.84. The van der Waals surface area contributed by atoms with E-state index in [1.165, 1.54) is 18.2 Å². The number of anilines is 1. The van der Waals surface area contributed by atoms with Crippen LogP contribution in [0.3, 0.4) is 0 Å². The summed E-state index contributed by atoms with van der Waals surface area (Å²) in [6, 6.07) is 5.91. The number of aliphatic carboxylic acids is 1. The number of amides is 1. The summed E-state index contributed by atoms with van der Waals surface area (Å²) in [6.45, 7) is 4.64.